The SMILES string of the molecule is N#CC(=Cc1cc(Cl)cc(I)c1O)C(=O)c1ccccc1. The number of allylic oxidation sites excluding steroid dienone is 1. The van der Waals surface area contributed by atoms with E-state index in [1.165, 1.54) is 12.1 Å². The van der Waals surface area contributed by atoms with Gasteiger partial charge in [-0.15, -0.1) is 0 Å². The van der Waals surface area contributed by atoms with Crippen molar-refractivity contribution in [1.29, 1.82) is 5.26 Å². The minimum absolute atomic E-state index is 0.00592. The molecule has 104 valence electrons. The Balaban J connectivity index is 2.48. The monoisotopic (exact) mass is 409 g/mol. The molecule has 0 radical (unpaired) electrons. The molecule has 0 saturated heterocycles. The van der Waals surface area contributed by atoms with E-state index in [4.69, 9.17) is 11.6 Å². The molecule has 0 aliphatic rings. The topological polar surface area (TPSA) is 61.1 Å². The Hall–Kier alpha value is -1.84. The van der Waals surface area contributed by atoms with Gasteiger partial charge in [0.25, 0.3) is 0 Å². The molecule has 0 spiro atoms. The molecular formula is C16H9ClINO2. The lowest BCUT2D eigenvalue weighted by Crippen LogP contribution is -2.01. The molecule has 2 aromatic carbocycles. The maximum absolute atomic E-state index is 12.3. The zero-order chi connectivity index (χ0) is 15.4. The van der Waals surface area contributed by atoms with Gasteiger partial charge in [-0.2, -0.15) is 5.26 Å². The lowest BCUT2D eigenvalue weighted by molar-refractivity contribution is 0.104. The third-order valence-corrected chi connectivity index (χ3v) is 3.80. The average molecular weight is 410 g/mol. The first-order chi connectivity index (χ1) is 10.0. The standard InChI is InChI=1S/C16H9ClINO2/c17-13-7-11(16(21)14(18)8-13)6-12(9-19)15(20)10-4-2-1-3-5-10/h1-8,21H. The van der Waals surface area contributed by atoms with Gasteiger partial charge in [-0.1, -0.05) is 41.9 Å². The second-order valence-corrected chi connectivity index (χ2v) is 5.79. The quantitative estimate of drug-likeness (QED) is 0.353. The number of aromatic hydroxyl groups is 1. The molecule has 0 fully saturated rings. The molecule has 0 aliphatic heterocycles. The van der Waals surface area contributed by atoms with Crippen LogP contribution in [-0.2, 0) is 0 Å². The summed E-state index contributed by atoms with van der Waals surface area (Å²) in [7, 11) is 0. The Morgan fingerprint density at radius 1 is 1.29 bits per heavy atom. The molecule has 0 bridgehead atoms. The van der Waals surface area contributed by atoms with Crippen LogP contribution in [-0.4, -0.2) is 10.9 Å². The molecule has 2 aromatic rings. The summed E-state index contributed by atoms with van der Waals surface area (Å²) in [5.74, 6) is -0.402. The van der Waals surface area contributed by atoms with Gasteiger partial charge in [-0.3, -0.25) is 4.79 Å². The summed E-state index contributed by atoms with van der Waals surface area (Å²) in [5.41, 5.74) is 0.698. The van der Waals surface area contributed by atoms with Crippen LogP contribution >= 0.6 is 34.2 Å². The molecule has 0 aliphatic carbocycles. The molecule has 3 nitrogen and oxygen atoms in total. The lowest BCUT2D eigenvalue weighted by Gasteiger charge is -2.04. The molecule has 0 amide bonds. The van der Waals surface area contributed by atoms with E-state index in [0.29, 0.717) is 19.7 Å². The zero-order valence-corrected chi connectivity index (χ0v) is 13.6. The maximum Gasteiger partial charge on any atom is 0.203 e. The van der Waals surface area contributed by atoms with Gasteiger partial charge < -0.3 is 5.11 Å². The van der Waals surface area contributed by atoms with Crippen LogP contribution in [0.3, 0.4) is 0 Å². The smallest absolute Gasteiger partial charge is 0.203 e. The van der Waals surface area contributed by atoms with E-state index < -0.39 is 5.78 Å². The fourth-order valence-electron chi connectivity index (χ4n) is 1.75. The number of carbonyl (C=O) groups excluding carboxylic acids is 1. The van der Waals surface area contributed by atoms with Crippen molar-refractivity contribution in [2.75, 3.05) is 0 Å². The summed E-state index contributed by atoms with van der Waals surface area (Å²) < 4.78 is 0.552. The van der Waals surface area contributed by atoms with E-state index >= 15 is 0 Å². The Labute approximate surface area is 140 Å². The number of Topliss-reactive ketones (excluding diaryl/α,β-unsaturated/α-hetero) is 1. The van der Waals surface area contributed by atoms with Crippen molar-refractivity contribution in [2.24, 2.45) is 0 Å². The van der Waals surface area contributed by atoms with Gasteiger partial charge in [0.05, 0.1) is 3.57 Å². The van der Waals surface area contributed by atoms with E-state index in [9.17, 15) is 15.2 Å². The van der Waals surface area contributed by atoms with Crippen LogP contribution in [0.4, 0.5) is 0 Å². The molecule has 0 atom stereocenters. The summed E-state index contributed by atoms with van der Waals surface area (Å²) in [6, 6.07) is 13.5. The van der Waals surface area contributed by atoms with E-state index in [-0.39, 0.29) is 11.3 Å². The van der Waals surface area contributed by atoms with Crippen molar-refractivity contribution in [1.82, 2.24) is 0 Å². The van der Waals surface area contributed by atoms with E-state index in [2.05, 4.69) is 0 Å². The van der Waals surface area contributed by atoms with Crippen molar-refractivity contribution in [3.05, 3.63) is 67.8 Å². The van der Waals surface area contributed by atoms with Crippen molar-refractivity contribution < 1.29 is 9.90 Å². The number of nitrogens with zero attached hydrogens (tertiary/aromatic N) is 1. The Morgan fingerprint density at radius 3 is 2.57 bits per heavy atom. The third kappa shape index (κ3) is 3.63. The lowest BCUT2D eigenvalue weighted by atomic mass is 10.0. The predicted octanol–water partition coefficient (Wildman–Crippen LogP) is 4.44. The van der Waals surface area contributed by atoms with Crippen molar-refractivity contribution >= 4 is 46.1 Å². The first kappa shape index (κ1) is 15.5. The molecule has 0 heterocycles. The summed E-state index contributed by atoms with van der Waals surface area (Å²) in [6.45, 7) is 0. The van der Waals surface area contributed by atoms with Gasteiger partial charge in [-0.05, 0) is 40.8 Å². The van der Waals surface area contributed by atoms with Gasteiger partial charge >= 0.3 is 0 Å². The molecule has 0 saturated carbocycles. The van der Waals surface area contributed by atoms with E-state index in [1.54, 1.807) is 36.4 Å². The number of carbonyl (C=O) groups is 1. The first-order valence-electron chi connectivity index (χ1n) is 5.92. The van der Waals surface area contributed by atoms with Gasteiger partial charge in [0.2, 0.25) is 5.78 Å². The Morgan fingerprint density at radius 2 is 1.95 bits per heavy atom. The highest BCUT2D eigenvalue weighted by atomic mass is 127. The average Bonchev–Trinajstić information content (AvgIpc) is 2.49. The normalized spacial score (nSPS) is 11.0. The highest BCUT2D eigenvalue weighted by Crippen LogP contribution is 2.30. The Bertz CT molecular complexity index is 764. The maximum atomic E-state index is 12.3. The number of rotatable bonds is 3. The van der Waals surface area contributed by atoms with Gasteiger partial charge in [-0.25, -0.2) is 0 Å². The molecule has 21 heavy (non-hydrogen) atoms. The van der Waals surface area contributed by atoms with Crippen LogP contribution in [0.2, 0.25) is 5.02 Å². The van der Waals surface area contributed by atoms with Crippen LogP contribution in [0.1, 0.15) is 15.9 Å². The first-order valence-corrected chi connectivity index (χ1v) is 7.38. The van der Waals surface area contributed by atoms with Crippen LogP contribution < -0.4 is 0 Å². The van der Waals surface area contributed by atoms with Gasteiger partial charge in [0.15, 0.2) is 0 Å². The van der Waals surface area contributed by atoms with Crippen molar-refractivity contribution in [3.63, 3.8) is 0 Å². The molecule has 0 aromatic heterocycles. The second kappa shape index (κ2) is 6.74. The number of hydrogen-bond donors (Lipinski definition) is 1. The summed E-state index contributed by atoms with van der Waals surface area (Å²) in [5, 5.41) is 19.6. The summed E-state index contributed by atoms with van der Waals surface area (Å²) in [6.07, 6.45) is 1.35. The molecule has 5 heteroatoms. The van der Waals surface area contributed by atoms with Gasteiger partial charge in [0.1, 0.15) is 17.4 Å². The highest BCUT2D eigenvalue weighted by molar-refractivity contribution is 14.1. The van der Waals surface area contributed by atoms with Crippen LogP contribution in [0.25, 0.3) is 6.08 Å². The molecule has 2 rings (SSSR count). The van der Waals surface area contributed by atoms with Crippen LogP contribution in [0, 0.1) is 14.9 Å². The number of ketones is 1. The largest absolute Gasteiger partial charge is 0.506 e. The number of hydrogen-bond acceptors (Lipinski definition) is 3. The minimum atomic E-state index is -0.396. The predicted molar refractivity (Wildman–Crippen MR) is 90.2 cm³/mol. The molecule has 1 N–H and O–H groups in total. The van der Waals surface area contributed by atoms with Gasteiger partial charge in [0, 0.05) is 16.1 Å². The number of nitriles is 1. The third-order valence-electron chi connectivity index (χ3n) is 2.76. The summed E-state index contributed by atoms with van der Waals surface area (Å²) >= 11 is 7.86. The number of phenols is 1. The van der Waals surface area contributed by atoms with Crippen LogP contribution in [0.15, 0.2) is 48.0 Å². The summed E-state index contributed by atoms with van der Waals surface area (Å²) in [4.78, 5) is 12.3. The molecule has 0 unspecified atom stereocenters. The fourth-order valence-corrected chi connectivity index (χ4v) is 2.80. The van der Waals surface area contributed by atoms with Crippen molar-refractivity contribution in [3.8, 4) is 11.8 Å². The fraction of sp³-hybridized carbons (Fsp3) is 0. The zero-order valence-electron chi connectivity index (χ0n) is 10.7. The molecular weight excluding hydrogens is 401 g/mol. The minimum Gasteiger partial charge on any atom is -0.506 e. The van der Waals surface area contributed by atoms with Crippen LogP contribution in [0.5, 0.6) is 5.75 Å². The van der Waals surface area contributed by atoms with E-state index in [1.807, 2.05) is 28.7 Å². The van der Waals surface area contributed by atoms with E-state index in [0.717, 1.165) is 0 Å². The van der Waals surface area contributed by atoms with Crippen molar-refractivity contribution in [2.45, 2.75) is 0 Å². The Kier molecular flexibility index (Phi) is 4.99. The second-order valence-electron chi connectivity index (χ2n) is 4.19. The number of benzene rings is 2. The number of phenolic OH excluding ortho intramolecular Hbond substituents is 1. The highest BCUT2D eigenvalue weighted by Gasteiger charge is 2.14. The number of halogens is 2.